The molecule has 5 nitrogen and oxygen atoms in total. The number of hydrogen-bond acceptors (Lipinski definition) is 3. The molecule has 0 spiro atoms. The Bertz CT molecular complexity index is 1170. The number of carboxylic acids is 1. The third-order valence-electron chi connectivity index (χ3n) is 5.62. The topological polar surface area (TPSA) is 86.6 Å². The number of phenolic OH excluding ortho intramolecular Hbond substituents is 1. The molecule has 2 atom stereocenters. The zero-order valence-corrected chi connectivity index (χ0v) is 18.4. The Morgan fingerprint density at radius 1 is 0.941 bits per heavy atom. The van der Waals surface area contributed by atoms with Crippen LogP contribution in [0.25, 0.3) is 11.1 Å². The predicted molar refractivity (Wildman–Crippen MR) is 121 cm³/mol. The smallest absolute Gasteiger partial charge is 0.306 e. The number of phenols is 1. The van der Waals surface area contributed by atoms with Crippen LogP contribution in [-0.4, -0.2) is 28.1 Å². The summed E-state index contributed by atoms with van der Waals surface area (Å²) in [6, 6.07) is 17.2. The minimum Gasteiger partial charge on any atom is -0.503 e. The molecular formula is C26H24F3NO4. The normalized spacial score (nSPS) is 12.7. The first-order chi connectivity index (χ1) is 16.2. The molecular weight excluding hydrogens is 447 g/mol. The van der Waals surface area contributed by atoms with Gasteiger partial charge in [0.2, 0.25) is 5.82 Å². The molecule has 0 aliphatic rings. The first-order valence-electron chi connectivity index (χ1n) is 10.7. The third-order valence-corrected chi connectivity index (χ3v) is 5.62. The number of amides is 1. The van der Waals surface area contributed by atoms with Crippen molar-refractivity contribution in [1.82, 2.24) is 5.32 Å². The van der Waals surface area contributed by atoms with Gasteiger partial charge in [-0.2, -0.15) is 4.39 Å². The van der Waals surface area contributed by atoms with Crippen molar-refractivity contribution in [2.45, 2.75) is 32.2 Å². The van der Waals surface area contributed by atoms with Gasteiger partial charge >= 0.3 is 5.97 Å². The van der Waals surface area contributed by atoms with E-state index in [0.29, 0.717) is 18.9 Å². The number of halogens is 3. The lowest BCUT2D eigenvalue weighted by atomic mass is 9.95. The lowest BCUT2D eigenvalue weighted by Gasteiger charge is -2.21. The van der Waals surface area contributed by atoms with Crippen molar-refractivity contribution in [1.29, 1.82) is 0 Å². The minimum atomic E-state index is -1.79. The first kappa shape index (κ1) is 24.8. The maximum atomic E-state index is 14.2. The molecule has 0 aliphatic heterocycles. The quantitative estimate of drug-likeness (QED) is 0.369. The Morgan fingerprint density at radius 2 is 1.56 bits per heavy atom. The molecule has 3 rings (SSSR count). The molecule has 3 aromatic carbocycles. The van der Waals surface area contributed by atoms with Gasteiger partial charge < -0.3 is 15.5 Å². The maximum Gasteiger partial charge on any atom is 0.306 e. The van der Waals surface area contributed by atoms with E-state index in [9.17, 15) is 33.0 Å². The third kappa shape index (κ3) is 5.95. The molecule has 0 bridgehead atoms. The van der Waals surface area contributed by atoms with E-state index >= 15 is 0 Å². The highest BCUT2D eigenvalue weighted by atomic mass is 19.2. The van der Waals surface area contributed by atoms with Gasteiger partial charge in [0.1, 0.15) is 0 Å². The highest BCUT2D eigenvalue weighted by Gasteiger charge is 2.26. The number of carbonyl (C=O) groups is 2. The second kappa shape index (κ2) is 10.9. The van der Waals surface area contributed by atoms with Gasteiger partial charge in [-0.3, -0.25) is 9.59 Å². The Balaban J connectivity index is 1.74. The van der Waals surface area contributed by atoms with Gasteiger partial charge in [0.25, 0.3) is 5.91 Å². The highest BCUT2D eigenvalue weighted by Crippen LogP contribution is 2.26. The number of aliphatic carboxylic acids is 1. The molecule has 1 amide bonds. The molecule has 0 saturated heterocycles. The lowest BCUT2D eigenvalue weighted by Crippen LogP contribution is -2.38. The molecule has 0 heterocycles. The number of rotatable bonds is 9. The summed E-state index contributed by atoms with van der Waals surface area (Å²) in [5.74, 6) is -9.48. The summed E-state index contributed by atoms with van der Waals surface area (Å²) >= 11 is 0. The number of aryl methyl sites for hydroxylation is 1. The standard InChI is InChI=1S/C26H24F3NO4/c1-15(26(33)34)13-19(30-25(32)20-14-21(27)23(29)24(31)22(20)28)12-9-16-7-10-18(11-8-16)17-5-3-2-4-6-17/h2-8,10-11,14-15,19,31H,9,12-13H2,1H3,(H,30,32)(H,33,34)/t15-,19-/m1/s1. The molecule has 178 valence electrons. The summed E-state index contributed by atoms with van der Waals surface area (Å²) in [7, 11) is 0. The van der Waals surface area contributed by atoms with Crippen LogP contribution in [-0.2, 0) is 11.2 Å². The first-order valence-corrected chi connectivity index (χ1v) is 10.7. The molecule has 34 heavy (non-hydrogen) atoms. The zero-order valence-electron chi connectivity index (χ0n) is 18.4. The van der Waals surface area contributed by atoms with Crippen molar-refractivity contribution >= 4 is 11.9 Å². The van der Waals surface area contributed by atoms with Crippen LogP contribution in [0, 0.1) is 23.4 Å². The second-order valence-corrected chi connectivity index (χ2v) is 8.13. The van der Waals surface area contributed by atoms with Crippen LogP contribution in [0.3, 0.4) is 0 Å². The highest BCUT2D eigenvalue weighted by molar-refractivity contribution is 5.95. The van der Waals surface area contributed by atoms with Gasteiger partial charge in [-0.25, -0.2) is 8.78 Å². The average molecular weight is 471 g/mol. The van der Waals surface area contributed by atoms with Gasteiger partial charge in [-0.1, -0.05) is 61.5 Å². The van der Waals surface area contributed by atoms with Crippen LogP contribution in [0.2, 0.25) is 0 Å². The Kier molecular flexibility index (Phi) is 7.94. The van der Waals surface area contributed by atoms with Crippen molar-refractivity contribution in [3.05, 3.63) is 89.2 Å². The summed E-state index contributed by atoms with van der Waals surface area (Å²) in [6.07, 6.45) is 0.851. The number of aromatic hydroxyl groups is 1. The fourth-order valence-corrected chi connectivity index (χ4v) is 3.63. The van der Waals surface area contributed by atoms with Gasteiger partial charge in [-0.15, -0.1) is 0 Å². The molecule has 8 heteroatoms. The van der Waals surface area contributed by atoms with Crippen molar-refractivity contribution in [3.8, 4) is 16.9 Å². The molecule has 0 saturated carbocycles. The minimum absolute atomic E-state index is 0.0421. The lowest BCUT2D eigenvalue weighted by molar-refractivity contribution is -0.141. The van der Waals surface area contributed by atoms with E-state index in [1.807, 2.05) is 54.6 Å². The van der Waals surface area contributed by atoms with Crippen LogP contribution in [0.1, 0.15) is 35.7 Å². The van der Waals surface area contributed by atoms with E-state index in [2.05, 4.69) is 5.32 Å². The summed E-state index contributed by atoms with van der Waals surface area (Å²) in [5.41, 5.74) is 2.17. The fourth-order valence-electron chi connectivity index (χ4n) is 3.63. The molecule has 0 aromatic heterocycles. The van der Waals surface area contributed by atoms with Gasteiger partial charge in [0, 0.05) is 6.04 Å². The van der Waals surface area contributed by atoms with Crippen molar-refractivity contribution < 1.29 is 33.0 Å². The van der Waals surface area contributed by atoms with E-state index in [1.54, 1.807) is 0 Å². The average Bonchev–Trinajstić information content (AvgIpc) is 2.84. The molecule has 0 aliphatic carbocycles. The van der Waals surface area contributed by atoms with Crippen LogP contribution in [0.15, 0.2) is 60.7 Å². The van der Waals surface area contributed by atoms with Crippen LogP contribution >= 0.6 is 0 Å². The largest absolute Gasteiger partial charge is 0.503 e. The SMILES string of the molecule is C[C@H](C[C@@H](CCc1ccc(-c2ccccc2)cc1)NC(=O)c1cc(F)c(F)c(O)c1F)C(=O)O. The zero-order chi connectivity index (χ0) is 24.8. The van der Waals surface area contributed by atoms with Gasteiger partial charge in [0.05, 0.1) is 11.5 Å². The number of carbonyl (C=O) groups excluding carboxylic acids is 1. The van der Waals surface area contributed by atoms with Crippen LogP contribution < -0.4 is 5.32 Å². The summed E-state index contributed by atoms with van der Waals surface area (Å²) in [5, 5.41) is 21.1. The second-order valence-electron chi connectivity index (χ2n) is 8.13. The number of benzene rings is 3. The summed E-state index contributed by atoms with van der Waals surface area (Å²) in [4.78, 5) is 23.9. The monoisotopic (exact) mass is 471 g/mol. The molecule has 3 aromatic rings. The van der Waals surface area contributed by atoms with Gasteiger partial charge in [-0.05, 0) is 42.0 Å². The van der Waals surface area contributed by atoms with Crippen LogP contribution in [0.4, 0.5) is 13.2 Å². The van der Waals surface area contributed by atoms with Gasteiger partial charge in [0.15, 0.2) is 17.4 Å². The van der Waals surface area contributed by atoms with E-state index < -0.39 is 52.6 Å². The van der Waals surface area contributed by atoms with Crippen LogP contribution in [0.5, 0.6) is 5.75 Å². The maximum absolute atomic E-state index is 14.2. The van der Waals surface area contributed by atoms with E-state index in [1.165, 1.54) is 6.92 Å². The molecule has 0 fully saturated rings. The Labute approximate surface area is 194 Å². The Hall–Kier alpha value is -3.81. The fraction of sp³-hybridized carbons (Fsp3) is 0.231. The summed E-state index contributed by atoms with van der Waals surface area (Å²) in [6.45, 7) is 1.47. The predicted octanol–water partition coefficient (Wildman–Crippen LogP) is 5.32. The number of hydrogen-bond donors (Lipinski definition) is 3. The van der Waals surface area contributed by atoms with Crippen molar-refractivity contribution in [2.75, 3.05) is 0 Å². The molecule has 0 unspecified atom stereocenters. The van der Waals surface area contributed by atoms with E-state index in [0.717, 1.165) is 16.7 Å². The molecule has 0 radical (unpaired) electrons. The molecule has 3 N–H and O–H groups in total. The van der Waals surface area contributed by atoms with E-state index in [-0.39, 0.29) is 6.42 Å². The van der Waals surface area contributed by atoms with Crippen molar-refractivity contribution in [3.63, 3.8) is 0 Å². The van der Waals surface area contributed by atoms with Crippen molar-refractivity contribution in [2.24, 2.45) is 5.92 Å². The Morgan fingerprint density at radius 3 is 2.18 bits per heavy atom. The van der Waals surface area contributed by atoms with E-state index in [4.69, 9.17) is 0 Å². The number of carboxylic acid groups (broad SMARTS) is 1. The number of nitrogens with one attached hydrogen (secondary N) is 1. The summed E-state index contributed by atoms with van der Waals surface area (Å²) < 4.78 is 41.1.